The normalized spacial score (nSPS) is 30.2. The highest BCUT2D eigenvalue weighted by atomic mass is 16.5. The number of hydrogen-bond donors (Lipinski definition) is 3. The molecule has 220 valence electrons. The molecule has 2 saturated heterocycles. The zero-order valence-electron chi connectivity index (χ0n) is 24.3. The van der Waals surface area contributed by atoms with E-state index in [4.69, 9.17) is 10.5 Å². The minimum atomic E-state index is -1.64. The van der Waals surface area contributed by atoms with Crippen LogP contribution in [0.15, 0.2) is 48.6 Å². The van der Waals surface area contributed by atoms with Gasteiger partial charge in [0.2, 0.25) is 0 Å². The van der Waals surface area contributed by atoms with Crippen LogP contribution in [0, 0.1) is 10.8 Å². The number of hydrogen-bond acceptors (Lipinski definition) is 9. The lowest BCUT2D eigenvalue weighted by Gasteiger charge is -2.65. The second-order valence-electron chi connectivity index (χ2n) is 10.3. The number of methoxy groups -OCH3 is 2. The molecule has 4 N–H and O–H groups in total. The average Bonchev–Trinajstić information content (AvgIpc) is 2.88. The van der Waals surface area contributed by atoms with Gasteiger partial charge in [-0.1, -0.05) is 49.5 Å². The van der Waals surface area contributed by atoms with Gasteiger partial charge in [0.25, 0.3) is 0 Å². The Balaban J connectivity index is 0.00000242. The highest BCUT2D eigenvalue weighted by molar-refractivity contribution is 5.83. The van der Waals surface area contributed by atoms with Crippen molar-refractivity contribution in [3.05, 3.63) is 48.6 Å². The van der Waals surface area contributed by atoms with Crippen molar-refractivity contribution >= 4 is 18.2 Å². The van der Waals surface area contributed by atoms with Gasteiger partial charge in [0, 0.05) is 27.3 Å². The van der Waals surface area contributed by atoms with Crippen molar-refractivity contribution in [1.82, 2.24) is 9.80 Å². The Morgan fingerprint density at radius 1 is 1.21 bits per heavy atom. The van der Waals surface area contributed by atoms with Crippen molar-refractivity contribution in [2.24, 2.45) is 16.6 Å². The van der Waals surface area contributed by atoms with Gasteiger partial charge in [-0.05, 0) is 45.9 Å². The number of esters is 1. The largest absolute Gasteiger partial charge is 0.480 e. The summed E-state index contributed by atoms with van der Waals surface area (Å²) in [5.74, 6) is -1.77. The molecule has 2 aliphatic rings. The SMILES string of the molecule is C=C/C=C(\C)[C@H]1N(C)[C@@H](C(=C)/C=C\C)C2(C=O)CN(C(CCCCN)C(=O)O)CC1(C(=O)OC)[C@H]2O.COC. The Morgan fingerprint density at radius 2 is 1.82 bits per heavy atom. The average molecular weight is 550 g/mol. The van der Waals surface area contributed by atoms with E-state index < -0.39 is 47.0 Å². The first kappa shape index (κ1) is 34.4. The van der Waals surface area contributed by atoms with Gasteiger partial charge in [0.05, 0.1) is 30.7 Å². The van der Waals surface area contributed by atoms with E-state index in [0.717, 1.165) is 0 Å². The first-order valence-electron chi connectivity index (χ1n) is 13.1. The van der Waals surface area contributed by atoms with Crippen LogP contribution >= 0.6 is 0 Å². The van der Waals surface area contributed by atoms with Crippen LogP contribution in [0.1, 0.15) is 33.1 Å². The van der Waals surface area contributed by atoms with Crippen LogP contribution in [0.4, 0.5) is 0 Å². The van der Waals surface area contributed by atoms with Crippen molar-refractivity contribution < 1.29 is 34.1 Å². The summed E-state index contributed by atoms with van der Waals surface area (Å²) in [6.07, 6.45) is 7.61. The molecule has 3 unspecified atom stereocenters. The molecule has 2 bridgehead atoms. The number of unbranched alkanes of at least 4 members (excludes halogenated alkanes) is 1. The van der Waals surface area contributed by atoms with Crippen LogP contribution in [0.25, 0.3) is 0 Å². The first-order valence-corrected chi connectivity index (χ1v) is 13.1. The molecule has 0 amide bonds. The summed E-state index contributed by atoms with van der Waals surface area (Å²) in [6.45, 7) is 11.9. The second-order valence-corrected chi connectivity index (χ2v) is 10.3. The Morgan fingerprint density at radius 3 is 2.28 bits per heavy atom. The predicted octanol–water partition coefficient (Wildman–Crippen LogP) is 1.80. The summed E-state index contributed by atoms with van der Waals surface area (Å²) in [5, 5.41) is 22.1. The lowest BCUT2D eigenvalue weighted by atomic mass is 9.53. The van der Waals surface area contributed by atoms with Crippen LogP contribution in [0.2, 0.25) is 0 Å². The van der Waals surface area contributed by atoms with Crippen LogP contribution in [-0.4, -0.2) is 110 Å². The number of aliphatic carboxylic acids is 1. The van der Waals surface area contributed by atoms with Crippen LogP contribution in [-0.2, 0) is 23.9 Å². The van der Waals surface area contributed by atoms with E-state index in [0.29, 0.717) is 36.8 Å². The molecule has 10 nitrogen and oxygen atoms in total. The highest BCUT2D eigenvalue weighted by Crippen LogP contribution is 2.55. The van der Waals surface area contributed by atoms with Gasteiger partial charge in [0.1, 0.15) is 17.7 Å². The van der Waals surface area contributed by atoms with Gasteiger partial charge in [0.15, 0.2) is 0 Å². The molecule has 0 saturated carbocycles. The molecule has 0 spiro atoms. The summed E-state index contributed by atoms with van der Waals surface area (Å²) in [4.78, 5) is 42.6. The minimum absolute atomic E-state index is 0.0570. The van der Waals surface area contributed by atoms with E-state index in [2.05, 4.69) is 17.9 Å². The Hall–Kier alpha value is -2.63. The molecule has 6 atom stereocenters. The Labute approximate surface area is 232 Å². The molecular weight excluding hydrogens is 502 g/mol. The van der Waals surface area contributed by atoms with Crippen molar-refractivity contribution in [3.63, 3.8) is 0 Å². The molecule has 0 aliphatic carbocycles. The van der Waals surface area contributed by atoms with Gasteiger partial charge in [-0.2, -0.15) is 0 Å². The van der Waals surface area contributed by atoms with Gasteiger partial charge in [-0.25, -0.2) is 0 Å². The van der Waals surface area contributed by atoms with Gasteiger partial charge < -0.3 is 30.2 Å². The number of ether oxygens (including phenoxy) is 2. The number of likely N-dealkylation sites (tertiary alicyclic amines) is 2. The third-order valence-corrected chi connectivity index (χ3v) is 7.74. The number of allylic oxidation sites excluding steroid dienone is 3. The fraction of sp³-hybridized carbons (Fsp3) is 0.621. The molecule has 0 aromatic rings. The monoisotopic (exact) mass is 549 g/mol. The van der Waals surface area contributed by atoms with Crippen molar-refractivity contribution in [2.75, 3.05) is 48.0 Å². The molecule has 0 radical (unpaired) electrons. The second kappa shape index (κ2) is 15.2. The number of piperidine rings is 2. The number of aliphatic hydroxyl groups excluding tert-OH is 1. The van der Waals surface area contributed by atoms with E-state index in [1.165, 1.54) is 7.11 Å². The van der Waals surface area contributed by atoms with Crippen LogP contribution in [0.5, 0.6) is 0 Å². The fourth-order valence-corrected chi connectivity index (χ4v) is 6.48. The maximum Gasteiger partial charge on any atom is 0.320 e. The molecule has 2 aliphatic heterocycles. The van der Waals surface area contributed by atoms with E-state index in [1.54, 1.807) is 50.5 Å². The summed E-state index contributed by atoms with van der Waals surface area (Å²) >= 11 is 0. The van der Waals surface area contributed by atoms with Gasteiger partial charge in [-0.15, -0.1) is 0 Å². The highest BCUT2D eigenvalue weighted by Gasteiger charge is 2.72. The Kier molecular flexibility index (Phi) is 13.4. The number of aldehydes is 1. The van der Waals surface area contributed by atoms with E-state index in [9.17, 15) is 24.6 Å². The number of aliphatic hydroxyl groups is 1. The van der Waals surface area contributed by atoms with Crippen molar-refractivity contribution in [1.29, 1.82) is 0 Å². The lowest BCUT2D eigenvalue weighted by Crippen LogP contribution is -2.81. The number of nitrogens with two attached hydrogens (primary N) is 1. The number of carbonyl (C=O) groups excluding carboxylic acids is 2. The summed E-state index contributed by atoms with van der Waals surface area (Å²) in [7, 11) is 6.27. The van der Waals surface area contributed by atoms with Crippen molar-refractivity contribution in [2.45, 2.75) is 57.3 Å². The fourth-order valence-electron chi connectivity index (χ4n) is 6.48. The summed E-state index contributed by atoms with van der Waals surface area (Å²) in [5.41, 5.74) is 3.73. The summed E-state index contributed by atoms with van der Waals surface area (Å²) < 4.78 is 9.49. The van der Waals surface area contributed by atoms with Crippen molar-refractivity contribution in [3.8, 4) is 0 Å². The van der Waals surface area contributed by atoms with Gasteiger partial charge in [-0.3, -0.25) is 19.4 Å². The van der Waals surface area contributed by atoms with Crippen LogP contribution in [0.3, 0.4) is 0 Å². The number of fused-ring (bicyclic) bond motifs is 2. The maximum absolute atomic E-state index is 13.6. The van der Waals surface area contributed by atoms with E-state index in [1.807, 2.05) is 18.7 Å². The standard InChI is InChI=1S/C27H41N3O6.C2H6O/c1-7-11-18(3)21-26(17-31)15-30(20(23(32)33)13-9-10-14-28)16-27(24(26)34,25(35)36-6)22(29(21)5)19(4)12-8-2;1-3-2/h7-8,11-12,17,20-22,24,34H,2-3,9-10,13-16,28H2,1,4-6H3,(H,32,33);1-2H3/b11-7-,19-12+;/t20?,21-,22+,24-,26?,27?;/m0./s1. The number of rotatable bonds is 12. The van der Waals surface area contributed by atoms with Gasteiger partial charge >= 0.3 is 11.9 Å². The summed E-state index contributed by atoms with van der Waals surface area (Å²) in [6, 6.07) is -2.41. The molecule has 2 heterocycles. The number of carbonyl (C=O) groups is 3. The minimum Gasteiger partial charge on any atom is -0.480 e. The maximum atomic E-state index is 13.6. The molecule has 0 aromatic heterocycles. The van der Waals surface area contributed by atoms with E-state index in [-0.39, 0.29) is 19.5 Å². The first-order chi connectivity index (χ1) is 18.4. The predicted molar refractivity (Wildman–Crippen MR) is 151 cm³/mol. The quantitative estimate of drug-likeness (QED) is 0.143. The molecule has 0 aromatic carbocycles. The molecule has 2 rings (SSSR count). The molecule has 2 fully saturated rings. The lowest BCUT2D eigenvalue weighted by molar-refractivity contribution is -0.227. The van der Waals surface area contributed by atoms with Crippen LogP contribution < -0.4 is 5.73 Å². The third-order valence-electron chi connectivity index (χ3n) is 7.74. The topological polar surface area (TPSA) is 143 Å². The smallest absolute Gasteiger partial charge is 0.320 e. The molecule has 10 heteroatoms. The Bertz CT molecular complexity index is 949. The van der Waals surface area contributed by atoms with E-state index >= 15 is 0 Å². The number of carboxylic acid groups (broad SMARTS) is 1. The molecular formula is C29H47N3O7. The zero-order valence-corrected chi connectivity index (χ0v) is 24.3. The number of carboxylic acids is 1. The molecule has 39 heavy (non-hydrogen) atoms. The zero-order chi connectivity index (χ0) is 30.0. The third kappa shape index (κ3) is 6.58. The number of likely N-dealkylation sites (N-methyl/N-ethyl adjacent to an activating group) is 1. The number of nitrogens with zero attached hydrogens (tertiary/aromatic N) is 2.